The molecule has 3 aromatic carbocycles. The van der Waals surface area contributed by atoms with Gasteiger partial charge in [-0.15, -0.1) is 0 Å². The first-order valence-electron chi connectivity index (χ1n) is 11.0. The minimum atomic E-state index is 0.0805. The lowest BCUT2D eigenvalue weighted by Crippen LogP contribution is -3.28. The highest BCUT2D eigenvalue weighted by atomic mass is 16.5. The molecular weight excluding hydrogens is 386 g/mol. The summed E-state index contributed by atoms with van der Waals surface area (Å²) >= 11 is 0. The second-order valence-electron chi connectivity index (χ2n) is 8.16. The standard InChI is InChI=1S/C26H29N3O2/c1-31-23-13-11-21(12-14-23)19-28-15-17-29(18-16-28)20-26(30)27-25-10-6-5-9-24(25)22-7-3-2-4-8-22/h2-14H,15-20H2,1H3,(H,27,30)/p+2. The van der Waals surface area contributed by atoms with E-state index in [-0.39, 0.29) is 5.91 Å². The number of methoxy groups -OCH3 is 1. The summed E-state index contributed by atoms with van der Waals surface area (Å²) in [6, 6.07) is 26.5. The highest BCUT2D eigenvalue weighted by Crippen LogP contribution is 2.27. The highest BCUT2D eigenvalue weighted by molar-refractivity contribution is 5.96. The Morgan fingerprint density at radius 1 is 0.839 bits per heavy atom. The minimum absolute atomic E-state index is 0.0805. The van der Waals surface area contributed by atoms with Gasteiger partial charge in [-0.1, -0.05) is 48.5 Å². The number of hydrogen-bond acceptors (Lipinski definition) is 2. The maximum atomic E-state index is 12.7. The normalized spacial score (nSPS) is 18.4. The van der Waals surface area contributed by atoms with Crippen molar-refractivity contribution in [3.8, 4) is 16.9 Å². The molecule has 0 atom stereocenters. The van der Waals surface area contributed by atoms with Crippen molar-refractivity contribution in [2.45, 2.75) is 6.54 Å². The van der Waals surface area contributed by atoms with Gasteiger partial charge in [0, 0.05) is 16.8 Å². The number of carbonyl (C=O) groups excluding carboxylic acids is 1. The summed E-state index contributed by atoms with van der Waals surface area (Å²) in [6.45, 7) is 5.72. The molecule has 0 spiro atoms. The van der Waals surface area contributed by atoms with Crippen LogP contribution in [0.2, 0.25) is 0 Å². The second-order valence-corrected chi connectivity index (χ2v) is 8.16. The Balaban J connectivity index is 1.28. The first kappa shape index (κ1) is 21.1. The summed E-state index contributed by atoms with van der Waals surface area (Å²) in [5.74, 6) is 0.977. The Morgan fingerprint density at radius 2 is 1.48 bits per heavy atom. The summed E-state index contributed by atoms with van der Waals surface area (Å²) in [6.07, 6.45) is 0. The van der Waals surface area contributed by atoms with Crippen LogP contribution < -0.4 is 19.9 Å². The molecule has 1 fully saturated rings. The Bertz CT molecular complexity index is 981. The van der Waals surface area contributed by atoms with E-state index >= 15 is 0 Å². The van der Waals surface area contributed by atoms with Gasteiger partial charge in [0.25, 0.3) is 5.91 Å². The number of anilines is 1. The molecule has 5 heteroatoms. The quantitative estimate of drug-likeness (QED) is 0.543. The topological polar surface area (TPSA) is 47.2 Å². The van der Waals surface area contributed by atoms with E-state index in [1.165, 1.54) is 10.5 Å². The number of amides is 1. The Labute approximate surface area is 184 Å². The number of carbonyl (C=O) groups is 1. The third kappa shape index (κ3) is 5.72. The van der Waals surface area contributed by atoms with Crippen LogP contribution in [-0.4, -0.2) is 45.7 Å². The Morgan fingerprint density at radius 3 is 2.19 bits per heavy atom. The lowest BCUT2D eigenvalue weighted by molar-refractivity contribution is -1.02. The summed E-state index contributed by atoms with van der Waals surface area (Å²) in [7, 11) is 1.69. The van der Waals surface area contributed by atoms with Crippen molar-refractivity contribution in [3.05, 3.63) is 84.4 Å². The van der Waals surface area contributed by atoms with Crippen molar-refractivity contribution in [1.29, 1.82) is 0 Å². The van der Waals surface area contributed by atoms with Crippen LogP contribution >= 0.6 is 0 Å². The molecule has 1 saturated heterocycles. The molecule has 0 saturated carbocycles. The van der Waals surface area contributed by atoms with E-state index in [0.717, 1.165) is 55.3 Å². The number of nitrogens with one attached hydrogen (secondary N) is 3. The minimum Gasteiger partial charge on any atom is -0.497 e. The average molecular weight is 418 g/mol. The van der Waals surface area contributed by atoms with Gasteiger partial charge < -0.3 is 19.9 Å². The van der Waals surface area contributed by atoms with E-state index in [1.54, 1.807) is 12.0 Å². The molecule has 0 aliphatic carbocycles. The fraction of sp³-hybridized carbons (Fsp3) is 0.269. The van der Waals surface area contributed by atoms with Crippen LogP contribution in [0, 0.1) is 0 Å². The molecule has 0 radical (unpaired) electrons. The smallest absolute Gasteiger partial charge is 0.279 e. The molecular formula is C26H31N3O2+2. The first-order chi connectivity index (χ1) is 15.2. The molecule has 3 N–H and O–H groups in total. The van der Waals surface area contributed by atoms with E-state index in [2.05, 4.69) is 35.6 Å². The van der Waals surface area contributed by atoms with Gasteiger partial charge in [-0.2, -0.15) is 0 Å². The summed E-state index contributed by atoms with van der Waals surface area (Å²) in [4.78, 5) is 15.7. The van der Waals surface area contributed by atoms with Crippen molar-refractivity contribution in [2.75, 3.05) is 45.2 Å². The third-order valence-corrected chi connectivity index (χ3v) is 5.97. The summed E-state index contributed by atoms with van der Waals surface area (Å²) < 4.78 is 5.24. The zero-order valence-corrected chi connectivity index (χ0v) is 18.1. The van der Waals surface area contributed by atoms with Gasteiger partial charge in [-0.05, 0) is 35.9 Å². The average Bonchev–Trinajstić information content (AvgIpc) is 2.82. The number of piperazine rings is 1. The van der Waals surface area contributed by atoms with Crippen molar-refractivity contribution in [1.82, 2.24) is 0 Å². The van der Waals surface area contributed by atoms with Gasteiger partial charge in [0.05, 0.1) is 7.11 Å². The fourth-order valence-corrected chi connectivity index (χ4v) is 4.23. The lowest BCUT2D eigenvalue weighted by atomic mass is 10.0. The largest absolute Gasteiger partial charge is 0.497 e. The van der Waals surface area contributed by atoms with Crippen molar-refractivity contribution in [2.24, 2.45) is 0 Å². The Kier molecular flexibility index (Phi) is 6.97. The van der Waals surface area contributed by atoms with Crippen LogP contribution in [-0.2, 0) is 11.3 Å². The van der Waals surface area contributed by atoms with Crippen molar-refractivity contribution >= 4 is 11.6 Å². The molecule has 4 rings (SSSR count). The van der Waals surface area contributed by atoms with Gasteiger partial charge >= 0.3 is 0 Å². The maximum Gasteiger partial charge on any atom is 0.279 e. The van der Waals surface area contributed by atoms with Crippen molar-refractivity contribution < 1.29 is 19.3 Å². The molecule has 1 amide bonds. The van der Waals surface area contributed by atoms with Crippen molar-refractivity contribution in [3.63, 3.8) is 0 Å². The van der Waals surface area contributed by atoms with E-state index in [9.17, 15) is 4.79 Å². The van der Waals surface area contributed by atoms with Gasteiger partial charge in [-0.25, -0.2) is 0 Å². The van der Waals surface area contributed by atoms with Gasteiger partial charge in [0.15, 0.2) is 6.54 Å². The Hall–Kier alpha value is -3.15. The zero-order valence-electron chi connectivity index (χ0n) is 18.1. The monoisotopic (exact) mass is 417 g/mol. The van der Waals surface area contributed by atoms with E-state index < -0.39 is 0 Å². The third-order valence-electron chi connectivity index (χ3n) is 5.97. The summed E-state index contributed by atoms with van der Waals surface area (Å²) in [5, 5.41) is 3.14. The number of rotatable bonds is 7. The molecule has 1 aliphatic heterocycles. The number of benzene rings is 3. The fourth-order valence-electron chi connectivity index (χ4n) is 4.23. The van der Waals surface area contributed by atoms with E-state index in [4.69, 9.17) is 4.74 Å². The molecule has 3 aromatic rings. The van der Waals surface area contributed by atoms with Crippen LogP contribution in [0.5, 0.6) is 5.75 Å². The molecule has 5 nitrogen and oxygen atoms in total. The predicted molar refractivity (Wildman–Crippen MR) is 123 cm³/mol. The highest BCUT2D eigenvalue weighted by Gasteiger charge is 2.25. The van der Waals surface area contributed by atoms with Gasteiger partial charge in [0.1, 0.15) is 38.5 Å². The first-order valence-corrected chi connectivity index (χ1v) is 11.0. The number of ether oxygens (including phenoxy) is 1. The SMILES string of the molecule is COc1ccc(C[NH+]2CC[NH+](CC(=O)Nc3ccccc3-c3ccccc3)CC2)cc1. The number of para-hydroxylation sites is 1. The van der Waals surface area contributed by atoms with Gasteiger partial charge in [0.2, 0.25) is 0 Å². The second kappa shape index (κ2) is 10.2. The maximum absolute atomic E-state index is 12.7. The predicted octanol–water partition coefficient (Wildman–Crippen LogP) is 1.28. The van der Waals surface area contributed by atoms with Crippen LogP contribution in [0.4, 0.5) is 5.69 Å². The van der Waals surface area contributed by atoms with Gasteiger partial charge in [-0.3, -0.25) is 4.79 Å². The molecule has 1 heterocycles. The molecule has 160 valence electrons. The number of hydrogen-bond donors (Lipinski definition) is 3. The van der Waals surface area contributed by atoms with E-state index in [1.807, 2.05) is 48.5 Å². The molecule has 31 heavy (non-hydrogen) atoms. The molecule has 0 unspecified atom stereocenters. The summed E-state index contributed by atoms with van der Waals surface area (Å²) in [5.41, 5.74) is 4.37. The van der Waals surface area contributed by atoms with Crippen LogP contribution in [0.15, 0.2) is 78.9 Å². The molecule has 1 aliphatic rings. The molecule has 0 bridgehead atoms. The van der Waals surface area contributed by atoms with Crippen LogP contribution in [0.1, 0.15) is 5.56 Å². The number of quaternary nitrogens is 2. The lowest BCUT2D eigenvalue weighted by Gasteiger charge is -2.29. The van der Waals surface area contributed by atoms with E-state index in [0.29, 0.717) is 6.54 Å². The van der Waals surface area contributed by atoms with Crippen LogP contribution in [0.3, 0.4) is 0 Å². The zero-order chi connectivity index (χ0) is 21.5. The molecule has 0 aromatic heterocycles. The van der Waals surface area contributed by atoms with Crippen LogP contribution in [0.25, 0.3) is 11.1 Å².